The van der Waals surface area contributed by atoms with Crippen molar-refractivity contribution in [1.29, 1.82) is 0 Å². The van der Waals surface area contributed by atoms with Crippen LogP contribution in [0.25, 0.3) is 0 Å². The summed E-state index contributed by atoms with van der Waals surface area (Å²) in [5.74, 6) is -2.53. The highest BCUT2D eigenvalue weighted by Crippen LogP contribution is 2.31. The van der Waals surface area contributed by atoms with Gasteiger partial charge < -0.3 is 14.6 Å². The lowest BCUT2D eigenvalue weighted by molar-refractivity contribution is -0.163. The topological polar surface area (TPSA) is 89.9 Å². The van der Waals surface area contributed by atoms with Crippen molar-refractivity contribution in [3.8, 4) is 0 Å². The highest BCUT2D eigenvalue weighted by atomic mass is 16.6. The number of carbonyl (C=O) groups excluding carboxylic acids is 2. The van der Waals surface area contributed by atoms with Crippen molar-refractivity contribution in [3.63, 3.8) is 0 Å². The first kappa shape index (κ1) is 21.5. The molecule has 0 heterocycles. The monoisotopic (exact) mass is 356 g/mol. The summed E-state index contributed by atoms with van der Waals surface area (Å²) in [7, 11) is 0. The first-order chi connectivity index (χ1) is 11.7. The third-order valence-corrected chi connectivity index (χ3v) is 4.79. The molecule has 0 aliphatic heterocycles. The second kappa shape index (κ2) is 10.4. The number of hydrogen-bond donors (Lipinski definition) is 1. The van der Waals surface area contributed by atoms with E-state index in [2.05, 4.69) is 13.8 Å². The molecule has 1 aliphatic carbocycles. The third-order valence-electron chi connectivity index (χ3n) is 4.79. The fourth-order valence-electron chi connectivity index (χ4n) is 3.36. The molecule has 6 heteroatoms. The Morgan fingerprint density at radius 1 is 0.960 bits per heavy atom. The van der Waals surface area contributed by atoms with E-state index < -0.39 is 23.8 Å². The number of hydrogen-bond acceptors (Lipinski definition) is 5. The van der Waals surface area contributed by atoms with Crippen molar-refractivity contribution in [2.45, 2.75) is 59.8 Å². The van der Waals surface area contributed by atoms with Crippen molar-refractivity contribution in [3.05, 3.63) is 0 Å². The zero-order valence-electron chi connectivity index (χ0n) is 15.8. The van der Waals surface area contributed by atoms with E-state index >= 15 is 0 Å². The summed E-state index contributed by atoms with van der Waals surface area (Å²) in [5.41, 5.74) is 0. The predicted octanol–water partition coefficient (Wildman–Crippen LogP) is 3.28. The molecule has 0 aromatic carbocycles. The Morgan fingerprint density at radius 2 is 1.52 bits per heavy atom. The average molecular weight is 356 g/mol. The van der Waals surface area contributed by atoms with Crippen LogP contribution in [0.4, 0.5) is 0 Å². The molecule has 0 amide bonds. The molecule has 0 bridgehead atoms. The quantitative estimate of drug-likeness (QED) is 0.504. The fraction of sp³-hybridized carbons (Fsp3) is 0.842. The molecule has 0 saturated heterocycles. The molecule has 25 heavy (non-hydrogen) atoms. The van der Waals surface area contributed by atoms with Gasteiger partial charge in [0.25, 0.3) is 0 Å². The Labute approximate surface area is 150 Å². The minimum Gasteiger partial charge on any atom is -0.481 e. The Hall–Kier alpha value is -1.59. The van der Waals surface area contributed by atoms with Gasteiger partial charge in [0.2, 0.25) is 0 Å². The van der Waals surface area contributed by atoms with E-state index in [0.717, 1.165) is 19.3 Å². The van der Waals surface area contributed by atoms with Gasteiger partial charge in [0, 0.05) is 0 Å². The SMILES string of the molecule is CC(C)CC(C(=O)OCCOC(=O)C1CCCCC1C(=O)O)C(C)C. The number of aliphatic carboxylic acids is 1. The molecule has 0 spiro atoms. The van der Waals surface area contributed by atoms with Crippen molar-refractivity contribution in [2.24, 2.45) is 29.6 Å². The van der Waals surface area contributed by atoms with E-state index in [1.54, 1.807) is 0 Å². The lowest BCUT2D eigenvalue weighted by Gasteiger charge is -2.26. The summed E-state index contributed by atoms with van der Waals surface area (Å²) < 4.78 is 10.4. The number of carbonyl (C=O) groups is 3. The molecule has 0 radical (unpaired) electrons. The maximum Gasteiger partial charge on any atom is 0.309 e. The Kier molecular flexibility index (Phi) is 8.93. The van der Waals surface area contributed by atoms with Crippen molar-refractivity contribution in [1.82, 2.24) is 0 Å². The summed E-state index contributed by atoms with van der Waals surface area (Å²) in [6, 6.07) is 0. The van der Waals surface area contributed by atoms with Gasteiger partial charge in [-0.15, -0.1) is 0 Å². The van der Waals surface area contributed by atoms with E-state index in [-0.39, 0.29) is 31.0 Å². The Balaban J connectivity index is 2.39. The van der Waals surface area contributed by atoms with Gasteiger partial charge in [0.15, 0.2) is 0 Å². The lowest BCUT2D eigenvalue weighted by Crippen LogP contribution is -2.34. The summed E-state index contributed by atoms with van der Waals surface area (Å²) >= 11 is 0. The second-order valence-electron chi connectivity index (χ2n) is 7.65. The molecule has 0 aromatic heterocycles. The highest BCUT2D eigenvalue weighted by molar-refractivity contribution is 5.81. The van der Waals surface area contributed by atoms with Crippen LogP contribution in [-0.2, 0) is 23.9 Å². The molecule has 3 unspecified atom stereocenters. The van der Waals surface area contributed by atoms with Crippen LogP contribution in [0.15, 0.2) is 0 Å². The molecule has 6 nitrogen and oxygen atoms in total. The highest BCUT2D eigenvalue weighted by Gasteiger charge is 2.36. The number of esters is 2. The molecular formula is C19H32O6. The van der Waals surface area contributed by atoms with Gasteiger partial charge in [-0.1, -0.05) is 40.5 Å². The van der Waals surface area contributed by atoms with Crippen molar-refractivity contribution in [2.75, 3.05) is 13.2 Å². The Morgan fingerprint density at radius 3 is 2.04 bits per heavy atom. The standard InChI is InChI=1S/C19H32O6/c1-12(2)11-16(13(3)4)19(23)25-10-9-24-18(22)15-8-6-5-7-14(15)17(20)21/h12-16H,5-11H2,1-4H3,(H,20,21). The Bertz CT molecular complexity index is 457. The van der Waals surface area contributed by atoms with Crippen molar-refractivity contribution < 1.29 is 29.0 Å². The van der Waals surface area contributed by atoms with Gasteiger partial charge in [-0.25, -0.2) is 0 Å². The largest absolute Gasteiger partial charge is 0.481 e. The molecule has 0 aromatic rings. The maximum atomic E-state index is 12.2. The number of ether oxygens (including phenoxy) is 2. The van der Waals surface area contributed by atoms with Crippen LogP contribution in [0.2, 0.25) is 0 Å². The molecule has 1 aliphatic rings. The summed E-state index contributed by atoms with van der Waals surface area (Å²) in [6.07, 6.45) is 3.47. The number of carboxylic acids is 1. The molecule has 1 rings (SSSR count). The molecular weight excluding hydrogens is 324 g/mol. The van der Waals surface area contributed by atoms with Gasteiger partial charge in [-0.3, -0.25) is 14.4 Å². The normalized spacial score (nSPS) is 21.8. The van der Waals surface area contributed by atoms with Crippen LogP contribution < -0.4 is 0 Å². The van der Waals surface area contributed by atoms with E-state index in [1.807, 2.05) is 13.8 Å². The lowest BCUT2D eigenvalue weighted by atomic mass is 9.79. The minimum atomic E-state index is -0.943. The van der Waals surface area contributed by atoms with Crippen LogP contribution in [0.5, 0.6) is 0 Å². The predicted molar refractivity (Wildman–Crippen MR) is 92.8 cm³/mol. The summed E-state index contributed by atoms with van der Waals surface area (Å²) in [5, 5.41) is 9.21. The fourth-order valence-corrected chi connectivity index (χ4v) is 3.36. The molecule has 3 atom stereocenters. The molecule has 1 saturated carbocycles. The first-order valence-electron chi connectivity index (χ1n) is 9.30. The van der Waals surface area contributed by atoms with Crippen LogP contribution in [0, 0.1) is 29.6 Å². The smallest absolute Gasteiger partial charge is 0.309 e. The van der Waals surface area contributed by atoms with E-state index in [4.69, 9.17) is 9.47 Å². The van der Waals surface area contributed by atoms with E-state index in [1.165, 1.54) is 0 Å². The molecule has 1 N–H and O–H groups in total. The molecule has 144 valence electrons. The first-order valence-corrected chi connectivity index (χ1v) is 9.30. The van der Waals surface area contributed by atoms with Gasteiger partial charge in [-0.05, 0) is 31.1 Å². The molecule has 1 fully saturated rings. The van der Waals surface area contributed by atoms with Crippen LogP contribution in [-0.4, -0.2) is 36.2 Å². The second-order valence-corrected chi connectivity index (χ2v) is 7.65. The third kappa shape index (κ3) is 7.04. The minimum absolute atomic E-state index is 0.0103. The van der Waals surface area contributed by atoms with Crippen LogP contribution >= 0.6 is 0 Å². The van der Waals surface area contributed by atoms with Gasteiger partial charge in [-0.2, -0.15) is 0 Å². The zero-order chi connectivity index (χ0) is 19.0. The number of rotatable bonds is 9. The van der Waals surface area contributed by atoms with E-state index in [0.29, 0.717) is 18.8 Å². The van der Waals surface area contributed by atoms with Crippen LogP contribution in [0.3, 0.4) is 0 Å². The van der Waals surface area contributed by atoms with Gasteiger partial charge >= 0.3 is 17.9 Å². The number of carboxylic acid groups (broad SMARTS) is 1. The average Bonchev–Trinajstić information content (AvgIpc) is 2.55. The van der Waals surface area contributed by atoms with Crippen LogP contribution in [0.1, 0.15) is 59.8 Å². The summed E-state index contributed by atoms with van der Waals surface area (Å²) in [4.78, 5) is 35.5. The zero-order valence-corrected chi connectivity index (χ0v) is 15.8. The van der Waals surface area contributed by atoms with Crippen molar-refractivity contribution >= 4 is 17.9 Å². The van der Waals surface area contributed by atoms with Gasteiger partial charge in [0.05, 0.1) is 17.8 Å². The van der Waals surface area contributed by atoms with E-state index in [9.17, 15) is 19.5 Å². The summed E-state index contributed by atoms with van der Waals surface area (Å²) in [6.45, 7) is 8.09. The van der Waals surface area contributed by atoms with Gasteiger partial charge in [0.1, 0.15) is 13.2 Å². The maximum absolute atomic E-state index is 12.2.